The molecule has 6 heteroatoms. The molecule has 0 saturated carbocycles. The standard InChI is InChI=1S/C12H12N2O4/c1-8(13-7-11(15)6-12(13)16)9-2-4-10(5-3-9)14(17)18/h2-5,8H,6-7H2,1H3/t8-/m0/s1. The van der Waals surface area contributed by atoms with Crippen LogP contribution in [-0.2, 0) is 9.59 Å². The van der Waals surface area contributed by atoms with Gasteiger partial charge >= 0.3 is 0 Å². The Bertz CT molecular complexity index is 509. The van der Waals surface area contributed by atoms with E-state index < -0.39 is 4.92 Å². The molecule has 1 saturated heterocycles. The number of rotatable bonds is 3. The molecule has 0 aliphatic carbocycles. The SMILES string of the molecule is C[C@@H](c1ccc([N+](=O)[O-])cc1)N1CC(=O)CC1=O. The summed E-state index contributed by atoms with van der Waals surface area (Å²) in [5, 5.41) is 10.5. The van der Waals surface area contributed by atoms with E-state index in [4.69, 9.17) is 0 Å². The Morgan fingerprint density at radius 1 is 1.28 bits per heavy atom. The molecule has 0 unspecified atom stereocenters. The molecule has 18 heavy (non-hydrogen) atoms. The quantitative estimate of drug-likeness (QED) is 0.460. The van der Waals surface area contributed by atoms with Crippen LogP contribution in [0, 0.1) is 10.1 Å². The normalized spacial score (nSPS) is 17.1. The Balaban J connectivity index is 2.18. The smallest absolute Gasteiger partial charge is 0.269 e. The second-order valence-corrected chi connectivity index (χ2v) is 4.26. The molecule has 2 rings (SSSR count). The number of carbonyl (C=O) groups excluding carboxylic acids is 2. The fourth-order valence-corrected chi connectivity index (χ4v) is 2.01. The van der Waals surface area contributed by atoms with Crippen molar-refractivity contribution in [1.82, 2.24) is 4.90 Å². The highest BCUT2D eigenvalue weighted by Crippen LogP contribution is 2.25. The first kappa shape index (κ1) is 12.2. The van der Waals surface area contributed by atoms with Crippen LogP contribution in [0.4, 0.5) is 5.69 Å². The van der Waals surface area contributed by atoms with Crippen LogP contribution in [0.2, 0.25) is 0 Å². The number of ketones is 1. The van der Waals surface area contributed by atoms with E-state index in [1.807, 2.05) is 0 Å². The van der Waals surface area contributed by atoms with E-state index >= 15 is 0 Å². The summed E-state index contributed by atoms with van der Waals surface area (Å²) in [6.45, 7) is 1.93. The van der Waals surface area contributed by atoms with Gasteiger partial charge in [0.15, 0.2) is 5.78 Å². The van der Waals surface area contributed by atoms with E-state index in [0.717, 1.165) is 5.56 Å². The van der Waals surface area contributed by atoms with Gasteiger partial charge in [-0.1, -0.05) is 12.1 Å². The summed E-state index contributed by atoms with van der Waals surface area (Å²) in [5.41, 5.74) is 0.790. The third-order valence-electron chi connectivity index (χ3n) is 3.07. The van der Waals surface area contributed by atoms with Crippen LogP contribution < -0.4 is 0 Å². The molecule has 0 N–H and O–H groups in total. The molecule has 0 aromatic heterocycles. The van der Waals surface area contributed by atoms with Gasteiger partial charge in [-0.3, -0.25) is 19.7 Å². The average molecular weight is 248 g/mol. The van der Waals surface area contributed by atoms with E-state index in [9.17, 15) is 19.7 Å². The number of amides is 1. The first-order valence-corrected chi connectivity index (χ1v) is 5.54. The molecule has 0 radical (unpaired) electrons. The van der Waals surface area contributed by atoms with Gasteiger partial charge in [0.25, 0.3) is 5.69 Å². The van der Waals surface area contributed by atoms with Crippen molar-refractivity contribution in [2.24, 2.45) is 0 Å². The van der Waals surface area contributed by atoms with E-state index in [2.05, 4.69) is 0 Å². The van der Waals surface area contributed by atoms with Crippen molar-refractivity contribution in [3.05, 3.63) is 39.9 Å². The summed E-state index contributed by atoms with van der Waals surface area (Å²) in [6, 6.07) is 5.77. The molecule has 1 amide bonds. The molecule has 6 nitrogen and oxygen atoms in total. The number of nitro benzene ring substituents is 1. The van der Waals surface area contributed by atoms with Gasteiger partial charge in [0, 0.05) is 12.1 Å². The number of nitro groups is 1. The molecular formula is C12H12N2O4. The van der Waals surface area contributed by atoms with Crippen molar-refractivity contribution < 1.29 is 14.5 Å². The topological polar surface area (TPSA) is 80.5 Å². The fraction of sp³-hybridized carbons (Fsp3) is 0.333. The van der Waals surface area contributed by atoms with Crippen LogP contribution in [0.5, 0.6) is 0 Å². The first-order valence-electron chi connectivity index (χ1n) is 5.54. The molecule has 0 spiro atoms. The Hall–Kier alpha value is -2.24. The lowest BCUT2D eigenvalue weighted by Gasteiger charge is -2.23. The van der Waals surface area contributed by atoms with Crippen LogP contribution >= 0.6 is 0 Å². The van der Waals surface area contributed by atoms with Gasteiger partial charge in [0.2, 0.25) is 5.91 Å². The Labute approximate surface area is 103 Å². The highest BCUT2D eigenvalue weighted by atomic mass is 16.6. The van der Waals surface area contributed by atoms with E-state index in [-0.39, 0.29) is 36.4 Å². The summed E-state index contributed by atoms with van der Waals surface area (Å²) >= 11 is 0. The summed E-state index contributed by atoms with van der Waals surface area (Å²) < 4.78 is 0. The first-order chi connectivity index (χ1) is 8.49. The van der Waals surface area contributed by atoms with Crippen molar-refractivity contribution >= 4 is 17.4 Å². The number of carbonyl (C=O) groups is 2. The Morgan fingerprint density at radius 3 is 2.33 bits per heavy atom. The lowest BCUT2D eigenvalue weighted by Crippen LogP contribution is -2.28. The molecule has 1 atom stereocenters. The Morgan fingerprint density at radius 2 is 1.89 bits per heavy atom. The number of benzene rings is 1. The molecule has 1 aromatic rings. The summed E-state index contributed by atoms with van der Waals surface area (Å²) in [6.07, 6.45) is -0.0443. The average Bonchev–Trinajstić information content (AvgIpc) is 2.67. The van der Waals surface area contributed by atoms with Crippen LogP contribution in [0.3, 0.4) is 0 Å². The largest absolute Gasteiger partial charge is 0.328 e. The predicted molar refractivity (Wildman–Crippen MR) is 62.8 cm³/mol. The lowest BCUT2D eigenvalue weighted by molar-refractivity contribution is -0.384. The van der Waals surface area contributed by atoms with Gasteiger partial charge in [0.05, 0.1) is 23.9 Å². The molecule has 1 heterocycles. The number of Topliss-reactive ketones (excluding diaryl/α,β-unsaturated/α-hetero) is 1. The van der Waals surface area contributed by atoms with Crippen molar-refractivity contribution in [2.75, 3.05) is 6.54 Å². The third-order valence-corrected chi connectivity index (χ3v) is 3.07. The number of hydrogen-bond acceptors (Lipinski definition) is 4. The fourth-order valence-electron chi connectivity index (χ4n) is 2.01. The molecule has 1 aliphatic rings. The summed E-state index contributed by atoms with van der Waals surface area (Å²) in [5.74, 6) is -0.278. The van der Waals surface area contributed by atoms with Gasteiger partial charge in [-0.05, 0) is 12.5 Å². The van der Waals surface area contributed by atoms with Crippen LogP contribution in [0.25, 0.3) is 0 Å². The lowest BCUT2D eigenvalue weighted by atomic mass is 10.1. The van der Waals surface area contributed by atoms with Crippen molar-refractivity contribution in [1.29, 1.82) is 0 Å². The number of non-ortho nitro benzene ring substituents is 1. The highest BCUT2D eigenvalue weighted by Gasteiger charge is 2.31. The van der Waals surface area contributed by atoms with Crippen molar-refractivity contribution in [2.45, 2.75) is 19.4 Å². The maximum Gasteiger partial charge on any atom is 0.269 e. The zero-order valence-corrected chi connectivity index (χ0v) is 9.83. The Kier molecular flexibility index (Phi) is 3.10. The number of nitrogens with zero attached hydrogens (tertiary/aromatic N) is 2. The monoisotopic (exact) mass is 248 g/mol. The summed E-state index contributed by atoms with van der Waals surface area (Å²) in [4.78, 5) is 34.3. The van der Waals surface area contributed by atoms with E-state index in [1.54, 1.807) is 19.1 Å². The molecule has 0 bridgehead atoms. The highest BCUT2D eigenvalue weighted by molar-refractivity contribution is 6.05. The molecular weight excluding hydrogens is 236 g/mol. The van der Waals surface area contributed by atoms with E-state index in [0.29, 0.717) is 0 Å². The van der Waals surface area contributed by atoms with E-state index in [1.165, 1.54) is 17.0 Å². The minimum atomic E-state index is -0.473. The molecule has 1 aliphatic heterocycles. The van der Waals surface area contributed by atoms with Crippen LogP contribution in [-0.4, -0.2) is 28.1 Å². The van der Waals surface area contributed by atoms with Gasteiger partial charge in [-0.15, -0.1) is 0 Å². The van der Waals surface area contributed by atoms with Gasteiger partial charge in [-0.25, -0.2) is 0 Å². The van der Waals surface area contributed by atoms with Crippen LogP contribution in [0.15, 0.2) is 24.3 Å². The molecule has 94 valence electrons. The number of likely N-dealkylation sites (tertiary alicyclic amines) is 1. The zero-order chi connectivity index (χ0) is 13.3. The van der Waals surface area contributed by atoms with Gasteiger partial charge in [-0.2, -0.15) is 0 Å². The van der Waals surface area contributed by atoms with Gasteiger partial charge in [0.1, 0.15) is 0 Å². The zero-order valence-electron chi connectivity index (χ0n) is 9.83. The number of hydrogen-bond donors (Lipinski definition) is 0. The minimum absolute atomic E-state index is 0.00905. The predicted octanol–water partition coefficient (Wildman–Crippen LogP) is 1.46. The summed E-state index contributed by atoms with van der Waals surface area (Å²) in [7, 11) is 0. The van der Waals surface area contributed by atoms with Crippen molar-refractivity contribution in [3.63, 3.8) is 0 Å². The maximum atomic E-state index is 11.6. The molecule has 1 fully saturated rings. The minimum Gasteiger partial charge on any atom is -0.328 e. The second kappa shape index (κ2) is 4.56. The van der Waals surface area contributed by atoms with Crippen molar-refractivity contribution in [3.8, 4) is 0 Å². The second-order valence-electron chi connectivity index (χ2n) is 4.26. The van der Waals surface area contributed by atoms with Gasteiger partial charge < -0.3 is 4.90 Å². The van der Waals surface area contributed by atoms with Crippen LogP contribution in [0.1, 0.15) is 24.9 Å². The maximum absolute atomic E-state index is 11.6. The molecule has 1 aromatic carbocycles. The third kappa shape index (κ3) is 2.22.